The van der Waals surface area contributed by atoms with E-state index in [2.05, 4.69) is 10.1 Å². The lowest BCUT2D eigenvalue weighted by Crippen LogP contribution is -2.48. The predicted octanol–water partition coefficient (Wildman–Crippen LogP) is 3.23. The van der Waals surface area contributed by atoms with Crippen LogP contribution in [0.5, 0.6) is 5.75 Å². The minimum absolute atomic E-state index is 0.112. The normalized spacial score (nSPS) is 15.4. The molecule has 0 spiro atoms. The Morgan fingerprint density at radius 2 is 1.86 bits per heavy atom. The van der Waals surface area contributed by atoms with E-state index in [9.17, 15) is 8.42 Å². The molecule has 2 aromatic carbocycles. The molecular weight excluding hydrogens is 378 g/mol. The largest absolute Gasteiger partial charge is 0.492 e. The van der Waals surface area contributed by atoms with Crippen LogP contribution in [0.25, 0.3) is 11.4 Å². The fourth-order valence-corrected chi connectivity index (χ4v) is 4.86. The van der Waals surface area contributed by atoms with Gasteiger partial charge in [-0.15, -0.1) is 0 Å². The van der Waals surface area contributed by atoms with E-state index >= 15 is 0 Å². The summed E-state index contributed by atoms with van der Waals surface area (Å²) in [6.45, 7) is 4.82. The second-order valence-corrected chi connectivity index (χ2v) is 8.58. The van der Waals surface area contributed by atoms with Gasteiger partial charge in [-0.3, -0.25) is 0 Å². The summed E-state index contributed by atoms with van der Waals surface area (Å²) >= 11 is 0. The second-order valence-electron chi connectivity index (χ2n) is 6.67. The van der Waals surface area contributed by atoms with Crippen molar-refractivity contribution in [2.75, 3.05) is 19.7 Å². The SMILES string of the molecule is CCOc1ccccc1S(=O)(=O)N1CC(c2nc(-c3ccccc3C)no2)C1. The zero-order valence-electron chi connectivity index (χ0n) is 15.7. The van der Waals surface area contributed by atoms with Crippen LogP contribution in [-0.2, 0) is 10.0 Å². The molecule has 1 aromatic heterocycles. The van der Waals surface area contributed by atoms with Crippen molar-refractivity contribution >= 4 is 10.0 Å². The third-order valence-electron chi connectivity index (χ3n) is 4.79. The number of hydrogen-bond donors (Lipinski definition) is 0. The molecule has 0 aliphatic carbocycles. The lowest BCUT2D eigenvalue weighted by atomic mass is 10.0. The zero-order valence-corrected chi connectivity index (χ0v) is 16.5. The Hall–Kier alpha value is -2.71. The van der Waals surface area contributed by atoms with Gasteiger partial charge in [0.25, 0.3) is 0 Å². The number of nitrogens with zero attached hydrogens (tertiary/aromatic N) is 3. The van der Waals surface area contributed by atoms with Crippen molar-refractivity contribution in [1.82, 2.24) is 14.4 Å². The van der Waals surface area contributed by atoms with Crippen molar-refractivity contribution in [3.63, 3.8) is 0 Å². The highest BCUT2D eigenvalue weighted by Gasteiger charge is 2.41. The van der Waals surface area contributed by atoms with Gasteiger partial charge in [0.15, 0.2) is 0 Å². The number of rotatable bonds is 6. The fourth-order valence-electron chi connectivity index (χ4n) is 3.20. The summed E-state index contributed by atoms with van der Waals surface area (Å²) in [5, 5.41) is 4.06. The first-order chi connectivity index (χ1) is 13.5. The van der Waals surface area contributed by atoms with Crippen molar-refractivity contribution < 1.29 is 17.7 Å². The Balaban J connectivity index is 1.50. The van der Waals surface area contributed by atoms with Crippen molar-refractivity contribution in [3.05, 3.63) is 60.0 Å². The number of benzene rings is 2. The van der Waals surface area contributed by atoms with E-state index in [1.165, 1.54) is 4.31 Å². The maximum absolute atomic E-state index is 12.9. The molecule has 0 saturated carbocycles. The van der Waals surface area contributed by atoms with E-state index in [1.807, 2.05) is 38.1 Å². The van der Waals surface area contributed by atoms with Crippen LogP contribution in [0.15, 0.2) is 57.9 Å². The monoisotopic (exact) mass is 399 g/mol. The first-order valence-corrected chi connectivity index (χ1v) is 10.6. The highest BCUT2D eigenvalue weighted by atomic mass is 32.2. The van der Waals surface area contributed by atoms with E-state index in [0.29, 0.717) is 37.2 Å². The Morgan fingerprint density at radius 1 is 1.14 bits per heavy atom. The van der Waals surface area contributed by atoms with Gasteiger partial charge in [0.1, 0.15) is 10.6 Å². The molecule has 4 rings (SSSR count). The summed E-state index contributed by atoms with van der Waals surface area (Å²) in [5.74, 6) is 1.24. The summed E-state index contributed by atoms with van der Waals surface area (Å²) in [5.41, 5.74) is 1.96. The average Bonchev–Trinajstić information content (AvgIpc) is 3.10. The van der Waals surface area contributed by atoms with Crippen molar-refractivity contribution in [2.24, 2.45) is 0 Å². The van der Waals surface area contributed by atoms with Gasteiger partial charge in [-0.25, -0.2) is 8.42 Å². The van der Waals surface area contributed by atoms with Crippen LogP contribution >= 0.6 is 0 Å². The van der Waals surface area contributed by atoms with Crippen LogP contribution in [-0.4, -0.2) is 42.6 Å². The molecule has 0 radical (unpaired) electrons. The molecule has 146 valence electrons. The van der Waals surface area contributed by atoms with E-state index in [1.54, 1.807) is 24.3 Å². The van der Waals surface area contributed by atoms with E-state index < -0.39 is 10.0 Å². The van der Waals surface area contributed by atoms with Gasteiger partial charge in [0, 0.05) is 18.7 Å². The number of aryl methyl sites for hydroxylation is 1. The van der Waals surface area contributed by atoms with Crippen molar-refractivity contribution in [3.8, 4) is 17.1 Å². The fraction of sp³-hybridized carbons (Fsp3) is 0.300. The molecule has 7 nitrogen and oxygen atoms in total. The summed E-state index contributed by atoms with van der Waals surface area (Å²) in [7, 11) is -3.63. The molecule has 1 aliphatic heterocycles. The number of para-hydroxylation sites is 1. The number of hydrogen-bond acceptors (Lipinski definition) is 6. The lowest BCUT2D eigenvalue weighted by molar-refractivity contribution is 0.216. The highest BCUT2D eigenvalue weighted by molar-refractivity contribution is 7.89. The Bertz CT molecular complexity index is 1090. The molecule has 0 amide bonds. The van der Waals surface area contributed by atoms with Crippen LogP contribution in [0.1, 0.15) is 24.3 Å². The number of sulfonamides is 1. The van der Waals surface area contributed by atoms with E-state index in [0.717, 1.165) is 11.1 Å². The van der Waals surface area contributed by atoms with Gasteiger partial charge in [-0.05, 0) is 31.5 Å². The summed E-state index contributed by atoms with van der Waals surface area (Å²) in [6.07, 6.45) is 0. The van der Waals surface area contributed by atoms with Crippen LogP contribution in [0, 0.1) is 6.92 Å². The Labute approximate surface area is 164 Å². The lowest BCUT2D eigenvalue weighted by Gasteiger charge is -2.36. The molecule has 8 heteroatoms. The molecule has 0 N–H and O–H groups in total. The van der Waals surface area contributed by atoms with Gasteiger partial charge < -0.3 is 9.26 Å². The van der Waals surface area contributed by atoms with Crippen LogP contribution < -0.4 is 4.74 Å². The molecule has 0 bridgehead atoms. The molecule has 3 aromatic rings. The minimum atomic E-state index is -3.63. The molecule has 1 saturated heterocycles. The maximum atomic E-state index is 12.9. The predicted molar refractivity (Wildman–Crippen MR) is 104 cm³/mol. The van der Waals surface area contributed by atoms with E-state index in [4.69, 9.17) is 9.26 Å². The number of ether oxygens (including phenoxy) is 1. The summed E-state index contributed by atoms with van der Waals surface area (Å²) in [6, 6.07) is 14.5. The molecule has 1 aliphatic rings. The topological polar surface area (TPSA) is 85.5 Å². The molecule has 0 unspecified atom stereocenters. The highest BCUT2D eigenvalue weighted by Crippen LogP contribution is 2.35. The van der Waals surface area contributed by atoms with Gasteiger partial charge in [-0.1, -0.05) is 41.6 Å². The first-order valence-electron chi connectivity index (χ1n) is 9.12. The average molecular weight is 399 g/mol. The molecule has 1 fully saturated rings. The molecule has 0 atom stereocenters. The van der Waals surface area contributed by atoms with Gasteiger partial charge in [-0.2, -0.15) is 9.29 Å². The van der Waals surface area contributed by atoms with Crippen LogP contribution in [0.3, 0.4) is 0 Å². The third-order valence-corrected chi connectivity index (χ3v) is 6.66. The minimum Gasteiger partial charge on any atom is -0.492 e. The van der Waals surface area contributed by atoms with Crippen molar-refractivity contribution in [2.45, 2.75) is 24.7 Å². The standard InChI is InChI=1S/C20H21N3O4S/c1-3-26-17-10-6-7-11-18(17)28(24,25)23-12-15(13-23)20-21-19(22-27-20)16-9-5-4-8-14(16)2/h4-11,15H,3,12-13H2,1-2H3. The summed E-state index contributed by atoms with van der Waals surface area (Å²) in [4.78, 5) is 4.66. The Morgan fingerprint density at radius 3 is 2.61 bits per heavy atom. The van der Waals surface area contributed by atoms with Crippen LogP contribution in [0.2, 0.25) is 0 Å². The van der Waals surface area contributed by atoms with Crippen molar-refractivity contribution in [1.29, 1.82) is 0 Å². The van der Waals surface area contributed by atoms with Gasteiger partial charge >= 0.3 is 0 Å². The summed E-state index contributed by atoms with van der Waals surface area (Å²) < 4.78 is 38.2. The van der Waals surface area contributed by atoms with Gasteiger partial charge in [0.2, 0.25) is 21.7 Å². The van der Waals surface area contributed by atoms with E-state index in [-0.39, 0.29) is 10.8 Å². The zero-order chi connectivity index (χ0) is 19.7. The Kier molecular flexibility index (Phi) is 4.91. The van der Waals surface area contributed by atoms with Gasteiger partial charge in [0.05, 0.1) is 12.5 Å². The smallest absolute Gasteiger partial charge is 0.246 e. The van der Waals surface area contributed by atoms with Crippen LogP contribution in [0.4, 0.5) is 0 Å². The number of aromatic nitrogens is 2. The molecule has 28 heavy (non-hydrogen) atoms. The quantitative estimate of drug-likeness (QED) is 0.633. The first kappa shape index (κ1) is 18.6. The third kappa shape index (κ3) is 3.29. The molecule has 2 heterocycles. The molecular formula is C20H21N3O4S. The maximum Gasteiger partial charge on any atom is 0.246 e. The second kappa shape index (κ2) is 7.37.